The van der Waals surface area contributed by atoms with E-state index in [0.717, 1.165) is 31.0 Å². The van der Waals surface area contributed by atoms with E-state index in [-0.39, 0.29) is 29.5 Å². The van der Waals surface area contributed by atoms with Crippen molar-refractivity contribution in [3.63, 3.8) is 0 Å². The van der Waals surface area contributed by atoms with Crippen LogP contribution >= 0.6 is 24.0 Å². The summed E-state index contributed by atoms with van der Waals surface area (Å²) in [6.07, 6.45) is 5.42. The lowest BCUT2D eigenvalue weighted by molar-refractivity contribution is 0.682. The standard InChI is InChI=1S/C20H28N4O.HI/c1-3-4-6-13-22-20(21-2)23-15-17-9-11-18(12-10-17)16-24-14-7-5-8-19(24)25;/h5,7-12,14H,3-4,6,13,15-16H2,1-2H3,(H2,21,22,23);1H. The Kier molecular flexibility index (Phi) is 10.7. The lowest BCUT2D eigenvalue weighted by Gasteiger charge is -2.12. The number of rotatable bonds is 8. The third-order valence-corrected chi connectivity index (χ3v) is 4.03. The van der Waals surface area contributed by atoms with E-state index in [9.17, 15) is 4.79 Å². The van der Waals surface area contributed by atoms with Crippen LogP contribution in [0.5, 0.6) is 0 Å². The number of unbranched alkanes of at least 4 members (excludes halogenated alkanes) is 2. The van der Waals surface area contributed by atoms with Crippen LogP contribution in [0.2, 0.25) is 0 Å². The van der Waals surface area contributed by atoms with Crippen LogP contribution in [0.4, 0.5) is 0 Å². The average molecular weight is 468 g/mol. The van der Waals surface area contributed by atoms with Crippen molar-refractivity contribution in [2.45, 2.75) is 39.3 Å². The Morgan fingerprint density at radius 3 is 2.42 bits per heavy atom. The predicted molar refractivity (Wildman–Crippen MR) is 119 cm³/mol. The fourth-order valence-corrected chi connectivity index (χ4v) is 2.54. The van der Waals surface area contributed by atoms with Crippen molar-refractivity contribution < 1.29 is 0 Å². The third kappa shape index (κ3) is 7.59. The van der Waals surface area contributed by atoms with Gasteiger partial charge in [0, 0.05) is 32.4 Å². The second-order valence-electron chi connectivity index (χ2n) is 6.04. The predicted octanol–water partition coefficient (Wildman–Crippen LogP) is 3.37. The molecule has 0 aliphatic heterocycles. The first-order chi connectivity index (χ1) is 12.2. The minimum Gasteiger partial charge on any atom is -0.356 e. The van der Waals surface area contributed by atoms with Crippen molar-refractivity contribution in [2.75, 3.05) is 13.6 Å². The van der Waals surface area contributed by atoms with Crippen LogP contribution in [0.3, 0.4) is 0 Å². The average Bonchev–Trinajstić information content (AvgIpc) is 2.64. The fraction of sp³-hybridized carbons (Fsp3) is 0.400. The first kappa shape index (κ1) is 22.2. The number of guanidine groups is 1. The maximum Gasteiger partial charge on any atom is 0.250 e. The Bertz CT molecular complexity index is 725. The molecule has 0 unspecified atom stereocenters. The monoisotopic (exact) mass is 468 g/mol. The van der Waals surface area contributed by atoms with E-state index in [1.165, 1.54) is 18.4 Å². The molecule has 0 bridgehead atoms. The highest BCUT2D eigenvalue weighted by Gasteiger charge is 2.00. The largest absolute Gasteiger partial charge is 0.356 e. The molecule has 2 aromatic rings. The van der Waals surface area contributed by atoms with Gasteiger partial charge in [0.1, 0.15) is 0 Å². The molecule has 6 heteroatoms. The van der Waals surface area contributed by atoms with E-state index < -0.39 is 0 Å². The summed E-state index contributed by atoms with van der Waals surface area (Å²) in [5, 5.41) is 6.65. The molecule has 0 amide bonds. The molecule has 0 spiro atoms. The highest BCUT2D eigenvalue weighted by molar-refractivity contribution is 14.0. The summed E-state index contributed by atoms with van der Waals surface area (Å²) >= 11 is 0. The summed E-state index contributed by atoms with van der Waals surface area (Å²) in [5.41, 5.74) is 2.31. The van der Waals surface area contributed by atoms with Crippen molar-refractivity contribution in [3.05, 3.63) is 70.1 Å². The number of nitrogens with one attached hydrogen (secondary N) is 2. The van der Waals surface area contributed by atoms with E-state index in [2.05, 4.69) is 46.8 Å². The molecular formula is C20H29IN4O. The van der Waals surface area contributed by atoms with Crippen molar-refractivity contribution in [2.24, 2.45) is 4.99 Å². The molecule has 0 aliphatic carbocycles. The summed E-state index contributed by atoms with van der Waals surface area (Å²) in [6, 6.07) is 13.5. The Morgan fingerprint density at radius 1 is 1.04 bits per heavy atom. The molecule has 26 heavy (non-hydrogen) atoms. The van der Waals surface area contributed by atoms with E-state index in [0.29, 0.717) is 6.54 Å². The van der Waals surface area contributed by atoms with Crippen molar-refractivity contribution in [1.82, 2.24) is 15.2 Å². The van der Waals surface area contributed by atoms with Gasteiger partial charge in [-0.3, -0.25) is 9.79 Å². The van der Waals surface area contributed by atoms with Crippen LogP contribution < -0.4 is 16.2 Å². The number of aliphatic imine (C=N–C) groups is 1. The van der Waals surface area contributed by atoms with Gasteiger partial charge >= 0.3 is 0 Å². The van der Waals surface area contributed by atoms with Gasteiger partial charge in [0.25, 0.3) is 5.56 Å². The van der Waals surface area contributed by atoms with Gasteiger partial charge in [-0.05, 0) is 23.6 Å². The normalized spacial score (nSPS) is 10.9. The quantitative estimate of drug-likeness (QED) is 0.270. The van der Waals surface area contributed by atoms with Gasteiger partial charge < -0.3 is 15.2 Å². The van der Waals surface area contributed by atoms with Crippen molar-refractivity contribution in [1.29, 1.82) is 0 Å². The molecule has 2 rings (SSSR count). The summed E-state index contributed by atoms with van der Waals surface area (Å²) in [6.45, 7) is 4.45. The molecule has 1 aromatic heterocycles. The zero-order chi connectivity index (χ0) is 17.9. The van der Waals surface area contributed by atoms with Crippen molar-refractivity contribution in [3.8, 4) is 0 Å². The highest BCUT2D eigenvalue weighted by Crippen LogP contribution is 2.05. The zero-order valence-corrected chi connectivity index (χ0v) is 17.9. The molecule has 1 aromatic carbocycles. The molecular weight excluding hydrogens is 439 g/mol. The van der Waals surface area contributed by atoms with Gasteiger partial charge in [0.2, 0.25) is 0 Å². The molecule has 0 fully saturated rings. The van der Waals surface area contributed by atoms with E-state index in [1.54, 1.807) is 23.7 Å². The maximum atomic E-state index is 11.8. The van der Waals surface area contributed by atoms with Crippen LogP contribution in [0.15, 0.2) is 58.4 Å². The topological polar surface area (TPSA) is 58.4 Å². The highest BCUT2D eigenvalue weighted by atomic mass is 127. The molecule has 0 aliphatic rings. The number of benzene rings is 1. The van der Waals surface area contributed by atoms with E-state index in [4.69, 9.17) is 0 Å². The third-order valence-electron chi connectivity index (χ3n) is 4.03. The van der Waals surface area contributed by atoms with Gasteiger partial charge in [0.15, 0.2) is 5.96 Å². The van der Waals surface area contributed by atoms with Crippen LogP contribution in [0.25, 0.3) is 0 Å². The number of halogens is 1. The van der Waals surface area contributed by atoms with Crippen molar-refractivity contribution >= 4 is 29.9 Å². The number of nitrogens with zero attached hydrogens (tertiary/aromatic N) is 2. The molecule has 1 heterocycles. The number of aromatic nitrogens is 1. The van der Waals surface area contributed by atoms with Gasteiger partial charge in [-0.25, -0.2) is 0 Å². The second kappa shape index (κ2) is 12.5. The molecule has 142 valence electrons. The molecule has 0 atom stereocenters. The smallest absolute Gasteiger partial charge is 0.250 e. The number of pyridine rings is 1. The van der Waals surface area contributed by atoms with Crippen LogP contribution in [0, 0.1) is 0 Å². The minimum absolute atomic E-state index is 0. The molecule has 5 nitrogen and oxygen atoms in total. The van der Waals surface area contributed by atoms with Crippen LogP contribution in [0.1, 0.15) is 37.3 Å². The Morgan fingerprint density at radius 2 is 1.77 bits per heavy atom. The minimum atomic E-state index is 0. The van der Waals surface area contributed by atoms with Crippen LogP contribution in [-0.2, 0) is 13.1 Å². The SMILES string of the molecule is CCCCCNC(=NC)NCc1ccc(Cn2ccccc2=O)cc1.I. The second-order valence-corrected chi connectivity index (χ2v) is 6.04. The lowest BCUT2D eigenvalue weighted by Crippen LogP contribution is -2.37. The summed E-state index contributed by atoms with van der Waals surface area (Å²) in [5.74, 6) is 0.830. The van der Waals surface area contributed by atoms with Gasteiger partial charge in [-0.1, -0.05) is 50.1 Å². The Labute approximate surface area is 173 Å². The summed E-state index contributed by atoms with van der Waals surface area (Å²) in [7, 11) is 1.79. The van der Waals surface area contributed by atoms with Crippen LogP contribution in [-0.4, -0.2) is 24.1 Å². The zero-order valence-electron chi connectivity index (χ0n) is 15.6. The Balaban J connectivity index is 0.00000338. The summed E-state index contributed by atoms with van der Waals surface area (Å²) in [4.78, 5) is 16.0. The first-order valence-corrected chi connectivity index (χ1v) is 8.90. The lowest BCUT2D eigenvalue weighted by atomic mass is 10.1. The maximum absolute atomic E-state index is 11.8. The number of hydrogen-bond acceptors (Lipinski definition) is 2. The molecule has 0 saturated carbocycles. The molecule has 0 radical (unpaired) electrons. The van der Waals surface area contributed by atoms with E-state index in [1.807, 2.05) is 12.3 Å². The first-order valence-electron chi connectivity index (χ1n) is 8.90. The fourth-order valence-electron chi connectivity index (χ4n) is 2.54. The molecule has 2 N–H and O–H groups in total. The molecule has 0 saturated heterocycles. The summed E-state index contributed by atoms with van der Waals surface area (Å²) < 4.78 is 1.70. The van der Waals surface area contributed by atoms with Gasteiger partial charge in [0.05, 0.1) is 6.54 Å². The number of hydrogen-bond donors (Lipinski definition) is 2. The Hall–Kier alpha value is -1.83. The van der Waals surface area contributed by atoms with Gasteiger partial charge in [-0.2, -0.15) is 0 Å². The van der Waals surface area contributed by atoms with E-state index >= 15 is 0 Å². The van der Waals surface area contributed by atoms with Gasteiger partial charge in [-0.15, -0.1) is 24.0 Å².